The SMILES string of the molecule is C=C(N)N(Cc1ccccc1)/N=C\Cc1ccnc(NCCNS(C)(=O)=O)n1. The van der Waals surface area contributed by atoms with Crippen molar-refractivity contribution in [2.24, 2.45) is 10.8 Å². The number of hydrazone groups is 1. The number of nitrogens with one attached hydrogen (secondary N) is 2. The van der Waals surface area contributed by atoms with Crippen LogP contribution in [0.4, 0.5) is 5.95 Å². The van der Waals surface area contributed by atoms with Crippen LogP contribution in [0.3, 0.4) is 0 Å². The molecule has 10 heteroatoms. The van der Waals surface area contributed by atoms with E-state index in [-0.39, 0.29) is 6.54 Å². The first-order valence-corrected chi connectivity index (χ1v) is 10.5. The van der Waals surface area contributed by atoms with Crippen molar-refractivity contribution in [2.75, 3.05) is 24.7 Å². The number of hydrogen-bond acceptors (Lipinski definition) is 8. The summed E-state index contributed by atoms with van der Waals surface area (Å²) in [5.74, 6) is 0.772. The van der Waals surface area contributed by atoms with E-state index in [0.29, 0.717) is 31.3 Å². The van der Waals surface area contributed by atoms with Crippen LogP contribution in [0.25, 0.3) is 0 Å². The summed E-state index contributed by atoms with van der Waals surface area (Å²) >= 11 is 0. The van der Waals surface area contributed by atoms with Crippen LogP contribution in [0.5, 0.6) is 0 Å². The zero-order valence-electron chi connectivity index (χ0n) is 15.7. The molecule has 2 rings (SSSR count). The number of sulfonamides is 1. The number of anilines is 1. The highest BCUT2D eigenvalue weighted by Gasteiger charge is 2.04. The van der Waals surface area contributed by atoms with Gasteiger partial charge in [-0.2, -0.15) is 5.10 Å². The van der Waals surface area contributed by atoms with Crippen LogP contribution in [0.2, 0.25) is 0 Å². The Morgan fingerprint density at radius 1 is 1.29 bits per heavy atom. The Balaban J connectivity index is 1.89. The maximum atomic E-state index is 11.0. The van der Waals surface area contributed by atoms with Crippen molar-refractivity contribution < 1.29 is 8.42 Å². The van der Waals surface area contributed by atoms with Gasteiger partial charge >= 0.3 is 0 Å². The first-order valence-electron chi connectivity index (χ1n) is 8.62. The highest BCUT2D eigenvalue weighted by Crippen LogP contribution is 2.07. The van der Waals surface area contributed by atoms with Gasteiger partial charge in [0.15, 0.2) is 0 Å². The predicted octanol–water partition coefficient (Wildman–Crippen LogP) is 0.898. The summed E-state index contributed by atoms with van der Waals surface area (Å²) in [4.78, 5) is 8.48. The Morgan fingerprint density at radius 2 is 2.04 bits per heavy atom. The van der Waals surface area contributed by atoms with Crippen LogP contribution in [0.1, 0.15) is 11.3 Å². The van der Waals surface area contributed by atoms with Gasteiger partial charge in [-0.05, 0) is 11.6 Å². The average Bonchev–Trinajstić information content (AvgIpc) is 2.65. The zero-order chi connectivity index (χ0) is 20.4. The fourth-order valence-electron chi connectivity index (χ4n) is 2.21. The third kappa shape index (κ3) is 8.14. The number of benzene rings is 1. The van der Waals surface area contributed by atoms with Crippen molar-refractivity contribution in [1.29, 1.82) is 0 Å². The third-order valence-electron chi connectivity index (χ3n) is 3.51. The molecule has 0 fully saturated rings. The summed E-state index contributed by atoms with van der Waals surface area (Å²) in [5, 5.41) is 8.96. The maximum absolute atomic E-state index is 11.0. The maximum Gasteiger partial charge on any atom is 0.222 e. The molecule has 0 bridgehead atoms. The van der Waals surface area contributed by atoms with E-state index < -0.39 is 10.0 Å². The third-order valence-corrected chi connectivity index (χ3v) is 4.24. The number of nitrogens with two attached hydrogens (primary N) is 1. The first-order chi connectivity index (χ1) is 13.3. The lowest BCUT2D eigenvalue weighted by Crippen LogP contribution is -2.28. The minimum atomic E-state index is -3.21. The number of rotatable bonds is 11. The van der Waals surface area contributed by atoms with Crippen LogP contribution >= 0.6 is 0 Å². The van der Waals surface area contributed by atoms with Gasteiger partial charge in [-0.1, -0.05) is 36.9 Å². The minimum Gasteiger partial charge on any atom is -0.384 e. The second-order valence-electron chi connectivity index (χ2n) is 6.00. The Labute approximate surface area is 165 Å². The van der Waals surface area contributed by atoms with Gasteiger partial charge in [-0.3, -0.25) is 0 Å². The Kier molecular flexibility index (Phi) is 7.90. The van der Waals surface area contributed by atoms with E-state index in [0.717, 1.165) is 17.5 Å². The van der Waals surface area contributed by atoms with Crippen LogP contribution in [0.15, 0.2) is 60.1 Å². The van der Waals surface area contributed by atoms with Crippen LogP contribution in [0, 0.1) is 0 Å². The second kappa shape index (κ2) is 10.4. The van der Waals surface area contributed by atoms with Crippen LogP contribution < -0.4 is 15.8 Å². The van der Waals surface area contributed by atoms with Crippen molar-refractivity contribution in [1.82, 2.24) is 19.7 Å². The highest BCUT2D eigenvalue weighted by molar-refractivity contribution is 7.88. The van der Waals surface area contributed by atoms with Crippen molar-refractivity contribution in [3.05, 3.63) is 66.3 Å². The Hall–Kier alpha value is -2.98. The number of hydrogen-bond donors (Lipinski definition) is 3. The molecule has 0 unspecified atom stereocenters. The number of nitrogens with zero attached hydrogens (tertiary/aromatic N) is 4. The molecule has 0 spiro atoms. The summed E-state index contributed by atoms with van der Waals surface area (Å²) in [5.41, 5.74) is 7.66. The highest BCUT2D eigenvalue weighted by atomic mass is 32.2. The van der Waals surface area contributed by atoms with Gasteiger partial charge in [0.05, 0.1) is 18.5 Å². The molecule has 1 aromatic carbocycles. The number of aromatic nitrogens is 2. The fourth-order valence-corrected chi connectivity index (χ4v) is 2.68. The quantitative estimate of drug-likeness (QED) is 0.289. The molecule has 0 saturated heterocycles. The van der Waals surface area contributed by atoms with E-state index in [2.05, 4.69) is 31.7 Å². The molecule has 150 valence electrons. The Bertz CT molecular complexity index is 901. The summed E-state index contributed by atoms with van der Waals surface area (Å²) < 4.78 is 24.5. The summed E-state index contributed by atoms with van der Waals surface area (Å²) in [6.45, 7) is 4.91. The average molecular weight is 404 g/mol. The van der Waals surface area contributed by atoms with Crippen molar-refractivity contribution in [2.45, 2.75) is 13.0 Å². The van der Waals surface area contributed by atoms with Gasteiger partial charge in [0.25, 0.3) is 0 Å². The monoisotopic (exact) mass is 403 g/mol. The summed E-state index contributed by atoms with van der Waals surface area (Å²) in [6, 6.07) is 11.6. The van der Waals surface area contributed by atoms with E-state index >= 15 is 0 Å². The lowest BCUT2D eigenvalue weighted by atomic mass is 10.2. The van der Waals surface area contributed by atoms with E-state index in [1.807, 2.05) is 30.3 Å². The lowest BCUT2D eigenvalue weighted by molar-refractivity contribution is 0.355. The van der Waals surface area contributed by atoms with Crippen molar-refractivity contribution >= 4 is 22.2 Å². The summed E-state index contributed by atoms with van der Waals surface area (Å²) in [7, 11) is -3.21. The molecule has 0 aliphatic heterocycles. The molecule has 0 aliphatic carbocycles. The van der Waals surface area contributed by atoms with Gasteiger partial charge in [0.2, 0.25) is 16.0 Å². The van der Waals surface area contributed by atoms with Crippen molar-refractivity contribution in [3.63, 3.8) is 0 Å². The molecule has 0 amide bonds. The smallest absolute Gasteiger partial charge is 0.222 e. The van der Waals surface area contributed by atoms with Gasteiger partial charge in [-0.15, -0.1) is 0 Å². The molecule has 1 heterocycles. The lowest BCUT2D eigenvalue weighted by Gasteiger charge is -2.18. The Morgan fingerprint density at radius 3 is 2.71 bits per heavy atom. The van der Waals surface area contributed by atoms with E-state index in [9.17, 15) is 8.42 Å². The van der Waals surface area contributed by atoms with E-state index in [1.165, 1.54) is 0 Å². The van der Waals surface area contributed by atoms with E-state index in [4.69, 9.17) is 5.73 Å². The minimum absolute atomic E-state index is 0.251. The second-order valence-corrected chi connectivity index (χ2v) is 7.83. The fraction of sp³-hybridized carbons (Fsp3) is 0.278. The molecule has 0 aliphatic rings. The molecule has 2 aromatic rings. The molecule has 0 radical (unpaired) electrons. The standard InChI is InChI=1S/C18H25N7O2S/c1-15(19)25(14-16-6-4-3-5-7-16)22-11-9-17-8-10-20-18(24-17)21-12-13-23-28(2,26)27/h3-8,10-11,23H,1,9,12-14,19H2,2H3,(H,20,21,24)/b22-11-. The normalized spacial score (nSPS) is 11.5. The van der Waals surface area contributed by atoms with Crippen molar-refractivity contribution in [3.8, 4) is 0 Å². The zero-order valence-corrected chi connectivity index (χ0v) is 16.6. The molecule has 1 aromatic heterocycles. The van der Waals surface area contributed by atoms with Gasteiger partial charge in [-0.25, -0.2) is 28.1 Å². The van der Waals surface area contributed by atoms with Crippen LogP contribution in [-0.2, 0) is 23.0 Å². The van der Waals surface area contributed by atoms with E-state index in [1.54, 1.807) is 23.5 Å². The molecular formula is C18H25N7O2S. The molecule has 28 heavy (non-hydrogen) atoms. The van der Waals surface area contributed by atoms with Crippen LogP contribution in [-0.4, -0.2) is 49.0 Å². The topological polar surface area (TPSA) is 126 Å². The predicted molar refractivity (Wildman–Crippen MR) is 111 cm³/mol. The molecule has 0 saturated carbocycles. The molecular weight excluding hydrogens is 378 g/mol. The molecule has 9 nitrogen and oxygen atoms in total. The summed E-state index contributed by atoms with van der Waals surface area (Å²) in [6.07, 6.45) is 4.93. The largest absolute Gasteiger partial charge is 0.384 e. The first kappa shape index (κ1) is 21.3. The van der Waals surface area contributed by atoms with Gasteiger partial charge in [0, 0.05) is 31.9 Å². The molecule has 4 N–H and O–H groups in total. The van der Waals surface area contributed by atoms with Gasteiger partial charge in [0.1, 0.15) is 5.82 Å². The molecule has 0 atom stereocenters. The van der Waals surface area contributed by atoms with Gasteiger partial charge < -0.3 is 11.1 Å².